The highest BCUT2D eigenvalue weighted by atomic mass is 32.2. The molecule has 2 aromatic rings. The Hall–Kier alpha value is -1.39. The van der Waals surface area contributed by atoms with Gasteiger partial charge < -0.3 is 5.32 Å². The Morgan fingerprint density at radius 2 is 1.65 bits per heavy atom. The highest BCUT2D eigenvalue weighted by molar-refractivity contribution is 7.98. The smallest absolute Gasteiger partial charge is 0.0782 e. The second-order valence-corrected chi connectivity index (χ2v) is 5.79. The molecule has 1 heterocycles. The minimum atomic E-state index is 0.180. The van der Waals surface area contributed by atoms with Gasteiger partial charge in [-0.25, -0.2) is 0 Å². The summed E-state index contributed by atoms with van der Waals surface area (Å²) in [6.07, 6.45) is 5.57. The molecule has 1 aromatic heterocycles. The lowest BCUT2D eigenvalue weighted by Crippen LogP contribution is -2.24. The zero-order chi connectivity index (χ0) is 14.5. The monoisotopic (exact) mass is 287 g/mol. The Morgan fingerprint density at radius 3 is 2.25 bits per heavy atom. The van der Waals surface area contributed by atoms with Gasteiger partial charge in [-0.1, -0.05) is 12.1 Å². The van der Waals surface area contributed by atoms with Crippen LogP contribution in [-0.4, -0.2) is 16.2 Å². The third kappa shape index (κ3) is 3.58. The summed E-state index contributed by atoms with van der Waals surface area (Å²) in [5.74, 6) is 0. The Bertz CT molecular complexity index is 554. The van der Waals surface area contributed by atoms with Crippen molar-refractivity contribution in [1.29, 1.82) is 0 Å². The molecule has 3 nitrogen and oxygen atoms in total. The van der Waals surface area contributed by atoms with Gasteiger partial charge in [0.05, 0.1) is 11.4 Å². The normalized spacial score (nSPS) is 14.0. The largest absolute Gasteiger partial charge is 0.302 e. The molecule has 0 saturated carbocycles. The number of hydrogen-bond donors (Lipinski definition) is 1. The Labute approximate surface area is 125 Å². The van der Waals surface area contributed by atoms with Crippen LogP contribution in [0.1, 0.15) is 42.9 Å². The van der Waals surface area contributed by atoms with Gasteiger partial charge >= 0.3 is 0 Å². The first-order valence-corrected chi connectivity index (χ1v) is 8.01. The zero-order valence-electron chi connectivity index (χ0n) is 12.4. The third-order valence-corrected chi connectivity index (χ3v) is 4.19. The number of rotatable bonds is 5. The van der Waals surface area contributed by atoms with E-state index in [1.807, 2.05) is 6.92 Å². The van der Waals surface area contributed by atoms with Gasteiger partial charge in [0.15, 0.2) is 0 Å². The van der Waals surface area contributed by atoms with Crippen LogP contribution in [-0.2, 0) is 0 Å². The molecule has 0 aliphatic rings. The van der Waals surface area contributed by atoms with Crippen LogP contribution >= 0.6 is 11.8 Å². The van der Waals surface area contributed by atoms with E-state index in [2.05, 4.69) is 59.7 Å². The number of aromatic nitrogens is 2. The first-order chi connectivity index (χ1) is 9.61. The molecular formula is C16H21N3S. The van der Waals surface area contributed by atoms with Crippen LogP contribution in [0.5, 0.6) is 0 Å². The second-order valence-electron chi connectivity index (χ2n) is 4.91. The number of hydrogen-bond acceptors (Lipinski definition) is 4. The van der Waals surface area contributed by atoms with Gasteiger partial charge in [0.1, 0.15) is 0 Å². The molecule has 0 fully saturated rings. The van der Waals surface area contributed by atoms with Gasteiger partial charge in [-0.15, -0.1) is 11.8 Å². The minimum absolute atomic E-state index is 0.180. The first kappa shape index (κ1) is 15.0. The summed E-state index contributed by atoms with van der Waals surface area (Å²) in [5.41, 5.74) is 3.29. The highest BCUT2D eigenvalue weighted by Crippen LogP contribution is 2.22. The van der Waals surface area contributed by atoms with E-state index in [0.29, 0.717) is 0 Å². The first-order valence-electron chi connectivity index (χ1n) is 6.79. The molecular weight excluding hydrogens is 266 g/mol. The van der Waals surface area contributed by atoms with Gasteiger partial charge in [0.25, 0.3) is 0 Å². The molecule has 2 atom stereocenters. The molecule has 0 spiro atoms. The average Bonchev–Trinajstić information content (AvgIpc) is 2.47. The summed E-state index contributed by atoms with van der Waals surface area (Å²) >= 11 is 1.76. The van der Waals surface area contributed by atoms with Crippen LogP contribution in [0, 0.1) is 6.92 Å². The lowest BCUT2D eigenvalue weighted by atomic mass is 10.1. The fourth-order valence-corrected chi connectivity index (χ4v) is 2.69. The number of thioether (sulfide) groups is 1. The van der Waals surface area contributed by atoms with Gasteiger partial charge in [0.2, 0.25) is 0 Å². The summed E-state index contributed by atoms with van der Waals surface area (Å²) in [4.78, 5) is 10.0. The Kier molecular flexibility index (Phi) is 5.15. The SMILES string of the molecule is CSc1ccc(C(C)NC(C)c2nccnc2C)cc1. The van der Waals surface area contributed by atoms with E-state index >= 15 is 0 Å². The number of nitrogens with one attached hydrogen (secondary N) is 1. The molecule has 0 radical (unpaired) electrons. The summed E-state index contributed by atoms with van der Waals surface area (Å²) in [6, 6.07) is 9.15. The van der Waals surface area contributed by atoms with Gasteiger partial charge in [-0.2, -0.15) is 0 Å². The minimum Gasteiger partial charge on any atom is -0.302 e. The van der Waals surface area contributed by atoms with Gasteiger partial charge in [0, 0.05) is 29.4 Å². The van der Waals surface area contributed by atoms with E-state index in [0.717, 1.165) is 11.4 Å². The van der Waals surface area contributed by atoms with Crippen LogP contribution < -0.4 is 5.32 Å². The molecule has 1 N–H and O–H groups in total. The molecule has 0 saturated heterocycles. The molecule has 20 heavy (non-hydrogen) atoms. The van der Waals surface area contributed by atoms with Crippen molar-refractivity contribution in [2.24, 2.45) is 0 Å². The fourth-order valence-electron chi connectivity index (χ4n) is 2.29. The van der Waals surface area contributed by atoms with Crippen molar-refractivity contribution in [1.82, 2.24) is 15.3 Å². The predicted octanol–water partition coefficient (Wildman–Crippen LogP) is 3.92. The van der Waals surface area contributed by atoms with E-state index in [9.17, 15) is 0 Å². The summed E-state index contributed by atoms with van der Waals surface area (Å²) < 4.78 is 0. The van der Waals surface area contributed by atoms with Gasteiger partial charge in [-0.3, -0.25) is 9.97 Å². The van der Waals surface area contributed by atoms with E-state index in [1.165, 1.54) is 10.5 Å². The van der Waals surface area contributed by atoms with Crippen molar-refractivity contribution in [2.45, 2.75) is 37.8 Å². The topological polar surface area (TPSA) is 37.8 Å². The van der Waals surface area contributed by atoms with Crippen molar-refractivity contribution in [2.75, 3.05) is 6.26 Å². The molecule has 0 aliphatic carbocycles. The molecule has 4 heteroatoms. The standard InChI is InChI=1S/C16H21N3S/c1-11(14-5-7-15(20-4)8-6-14)19-13(3)16-12(2)17-9-10-18-16/h5-11,13,19H,1-4H3. The van der Waals surface area contributed by atoms with E-state index in [4.69, 9.17) is 0 Å². The molecule has 0 aliphatic heterocycles. The maximum atomic E-state index is 4.42. The third-order valence-electron chi connectivity index (χ3n) is 3.45. The van der Waals surface area contributed by atoms with Gasteiger partial charge in [-0.05, 0) is 44.7 Å². The lowest BCUT2D eigenvalue weighted by molar-refractivity contribution is 0.482. The molecule has 0 amide bonds. The molecule has 1 aromatic carbocycles. The maximum Gasteiger partial charge on any atom is 0.0782 e. The van der Waals surface area contributed by atoms with Crippen molar-refractivity contribution in [3.05, 3.63) is 53.6 Å². The van der Waals surface area contributed by atoms with E-state index in [1.54, 1.807) is 24.2 Å². The Balaban J connectivity index is 2.06. The molecule has 2 unspecified atom stereocenters. The number of aryl methyl sites for hydroxylation is 1. The maximum absolute atomic E-state index is 4.42. The summed E-state index contributed by atoms with van der Waals surface area (Å²) in [5, 5.41) is 3.58. The quantitative estimate of drug-likeness (QED) is 0.846. The average molecular weight is 287 g/mol. The predicted molar refractivity (Wildman–Crippen MR) is 85.0 cm³/mol. The van der Waals surface area contributed by atoms with Crippen molar-refractivity contribution in [3.63, 3.8) is 0 Å². The van der Waals surface area contributed by atoms with Crippen molar-refractivity contribution < 1.29 is 0 Å². The van der Waals surface area contributed by atoms with Crippen LogP contribution in [0.3, 0.4) is 0 Å². The molecule has 2 rings (SSSR count). The second kappa shape index (κ2) is 6.86. The van der Waals surface area contributed by atoms with E-state index in [-0.39, 0.29) is 12.1 Å². The lowest BCUT2D eigenvalue weighted by Gasteiger charge is -2.21. The van der Waals surface area contributed by atoms with E-state index < -0.39 is 0 Å². The van der Waals surface area contributed by atoms with Crippen molar-refractivity contribution >= 4 is 11.8 Å². The van der Waals surface area contributed by atoms with Crippen LogP contribution in [0.15, 0.2) is 41.6 Å². The number of benzene rings is 1. The molecule has 0 bridgehead atoms. The van der Waals surface area contributed by atoms with Crippen LogP contribution in [0.4, 0.5) is 0 Å². The van der Waals surface area contributed by atoms with Crippen molar-refractivity contribution in [3.8, 4) is 0 Å². The zero-order valence-corrected chi connectivity index (χ0v) is 13.2. The summed E-state index contributed by atoms with van der Waals surface area (Å²) in [7, 11) is 0. The fraction of sp³-hybridized carbons (Fsp3) is 0.375. The van der Waals surface area contributed by atoms with Crippen LogP contribution in [0.2, 0.25) is 0 Å². The summed E-state index contributed by atoms with van der Waals surface area (Å²) in [6.45, 7) is 6.30. The Morgan fingerprint density at radius 1 is 1.00 bits per heavy atom. The molecule has 106 valence electrons. The van der Waals surface area contributed by atoms with Crippen LogP contribution in [0.25, 0.3) is 0 Å². The number of nitrogens with zero attached hydrogens (tertiary/aromatic N) is 2. The highest BCUT2D eigenvalue weighted by Gasteiger charge is 2.14.